The second kappa shape index (κ2) is 7.45. The third kappa shape index (κ3) is 4.80. The Morgan fingerprint density at radius 2 is 1.96 bits per heavy atom. The van der Waals surface area contributed by atoms with Crippen molar-refractivity contribution in [1.82, 2.24) is 4.90 Å². The highest BCUT2D eigenvalue weighted by atomic mass is 19.4. The summed E-state index contributed by atoms with van der Waals surface area (Å²) >= 11 is 0. The van der Waals surface area contributed by atoms with Crippen LogP contribution in [0, 0.1) is 17.2 Å². The van der Waals surface area contributed by atoms with Gasteiger partial charge in [-0.25, -0.2) is 0 Å². The number of nitriles is 1. The summed E-state index contributed by atoms with van der Waals surface area (Å²) in [6.07, 6.45) is -4.61. The molecule has 0 bridgehead atoms. The van der Waals surface area contributed by atoms with E-state index in [1.54, 1.807) is 23.1 Å². The Labute approximate surface area is 137 Å². The van der Waals surface area contributed by atoms with Crippen molar-refractivity contribution in [2.45, 2.75) is 19.0 Å². The first kappa shape index (κ1) is 17.9. The van der Waals surface area contributed by atoms with Crippen LogP contribution in [-0.4, -0.2) is 42.4 Å². The van der Waals surface area contributed by atoms with Gasteiger partial charge in [-0.2, -0.15) is 18.4 Å². The normalized spacial score (nSPS) is 16.4. The number of rotatable bonds is 4. The number of alkyl halides is 3. The molecule has 0 atom stereocenters. The minimum Gasteiger partial charge on any atom is -0.325 e. The number of ketones is 1. The van der Waals surface area contributed by atoms with Crippen molar-refractivity contribution >= 4 is 17.4 Å². The Morgan fingerprint density at radius 1 is 1.29 bits per heavy atom. The fraction of sp³-hybridized carbons (Fsp3) is 0.438. The monoisotopic (exact) mass is 339 g/mol. The summed E-state index contributed by atoms with van der Waals surface area (Å²) in [7, 11) is 0. The van der Waals surface area contributed by atoms with E-state index in [2.05, 4.69) is 5.32 Å². The van der Waals surface area contributed by atoms with Crippen LogP contribution >= 0.6 is 0 Å². The number of Topliss-reactive ketones (excluding diaryl/α,β-unsaturated/α-hetero) is 1. The summed E-state index contributed by atoms with van der Waals surface area (Å²) in [4.78, 5) is 24.9. The number of amides is 1. The maximum atomic E-state index is 12.4. The van der Waals surface area contributed by atoms with E-state index in [4.69, 9.17) is 5.26 Å². The number of anilines is 1. The Balaban J connectivity index is 1.82. The van der Waals surface area contributed by atoms with Crippen LogP contribution in [0.5, 0.6) is 0 Å². The van der Waals surface area contributed by atoms with Crippen molar-refractivity contribution < 1.29 is 22.8 Å². The van der Waals surface area contributed by atoms with Gasteiger partial charge in [0.05, 0.1) is 18.2 Å². The van der Waals surface area contributed by atoms with E-state index in [0.29, 0.717) is 11.3 Å². The predicted molar refractivity (Wildman–Crippen MR) is 80.0 cm³/mol. The maximum absolute atomic E-state index is 12.4. The number of carbonyl (C=O) groups excluding carboxylic acids is 2. The first-order valence-electron chi connectivity index (χ1n) is 7.43. The molecule has 5 nitrogen and oxygen atoms in total. The van der Waals surface area contributed by atoms with Gasteiger partial charge >= 0.3 is 6.18 Å². The lowest BCUT2D eigenvalue weighted by molar-refractivity contribution is -0.177. The highest BCUT2D eigenvalue weighted by Crippen LogP contribution is 2.27. The van der Waals surface area contributed by atoms with Gasteiger partial charge < -0.3 is 5.32 Å². The molecule has 1 aromatic rings. The Morgan fingerprint density at radius 3 is 2.54 bits per heavy atom. The zero-order valence-corrected chi connectivity index (χ0v) is 12.8. The molecule has 0 aromatic heterocycles. The molecule has 1 aliphatic rings. The molecule has 0 unspecified atom stereocenters. The molecule has 0 radical (unpaired) electrons. The summed E-state index contributed by atoms with van der Waals surface area (Å²) < 4.78 is 37.2. The molecule has 1 aliphatic heterocycles. The standard InChI is InChI=1S/C16H16F3N3O2/c17-16(18,19)15(24)12-4-6-22(7-5-12)10-14(23)21-13-3-1-2-11(8-13)9-20/h1-3,8,12H,4-7,10H2,(H,21,23). The molecule has 1 heterocycles. The fourth-order valence-electron chi connectivity index (χ4n) is 2.65. The van der Waals surface area contributed by atoms with Gasteiger partial charge in [-0.15, -0.1) is 0 Å². The number of hydrogen-bond acceptors (Lipinski definition) is 4. The van der Waals surface area contributed by atoms with Crippen molar-refractivity contribution in [2.75, 3.05) is 25.0 Å². The maximum Gasteiger partial charge on any atom is 0.450 e. The molecule has 2 rings (SSSR count). The molecule has 8 heteroatoms. The van der Waals surface area contributed by atoms with Crippen LogP contribution in [0.15, 0.2) is 24.3 Å². The van der Waals surface area contributed by atoms with E-state index in [1.165, 1.54) is 6.07 Å². The highest BCUT2D eigenvalue weighted by molar-refractivity contribution is 5.92. The lowest BCUT2D eigenvalue weighted by Gasteiger charge is -2.30. The average Bonchev–Trinajstić information content (AvgIpc) is 2.54. The topological polar surface area (TPSA) is 73.2 Å². The molecular weight excluding hydrogens is 323 g/mol. The highest BCUT2D eigenvalue weighted by Gasteiger charge is 2.43. The second-order valence-corrected chi connectivity index (χ2v) is 5.65. The molecule has 1 saturated heterocycles. The molecule has 1 aromatic carbocycles. The lowest BCUT2D eigenvalue weighted by Crippen LogP contribution is -2.43. The van der Waals surface area contributed by atoms with Crippen molar-refractivity contribution in [3.8, 4) is 6.07 Å². The molecule has 0 aliphatic carbocycles. The third-order valence-corrected chi connectivity index (χ3v) is 3.88. The summed E-state index contributed by atoms with van der Waals surface area (Å²) in [5, 5.41) is 11.4. The van der Waals surface area contributed by atoms with Crippen LogP contribution in [0.25, 0.3) is 0 Å². The summed E-state index contributed by atoms with van der Waals surface area (Å²) in [5.41, 5.74) is 0.903. The Kier molecular flexibility index (Phi) is 5.57. The number of piperidine rings is 1. The molecule has 1 amide bonds. The largest absolute Gasteiger partial charge is 0.450 e. The average molecular weight is 339 g/mol. The van der Waals surface area contributed by atoms with Gasteiger partial charge in [0.1, 0.15) is 0 Å². The molecule has 0 saturated carbocycles. The SMILES string of the molecule is N#Cc1cccc(NC(=O)CN2CCC(C(=O)C(F)(F)F)CC2)c1. The van der Waals surface area contributed by atoms with E-state index < -0.39 is 17.9 Å². The minimum atomic E-state index is -4.80. The number of hydrogen-bond donors (Lipinski definition) is 1. The lowest BCUT2D eigenvalue weighted by atomic mass is 9.92. The van der Waals surface area contributed by atoms with E-state index in [1.807, 2.05) is 6.07 Å². The zero-order valence-electron chi connectivity index (χ0n) is 12.8. The van der Waals surface area contributed by atoms with Crippen LogP contribution < -0.4 is 5.32 Å². The third-order valence-electron chi connectivity index (χ3n) is 3.88. The predicted octanol–water partition coefficient (Wildman–Crippen LogP) is 2.34. The Bertz CT molecular complexity index is 659. The first-order chi connectivity index (χ1) is 11.3. The molecule has 1 N–H and O–H groups in total. The van der Waals surface area contributed by atoms with Gasteiger partial charge in [-0.05, 0) is 44.1 Å². The van der Waals surface area contributed by atoms with Gasteiger partial charge in [0.25, 0.3) is 0 Å². The van der Waals surface area contributed by atoms with Gasteiger partial charge in [0, 0.05) is 11.6 Å². The Hall–Kier alpha value is -2.40. The van der Waals surface area contributed by atoms with Crippen molar-refractivity contribution in [3.05, 3.63) is 29.8 Å². The number of likely N-dealkylation sites (tertiary alicyclic amines) is 1. The summed E-state index contributed by atoms with van der Waals surface area (Å²) in [5.74, 6) is -3.01. The summed E-state index contributed by atoms with van der Waals surface area (Å²) in [6, 6.07) is 8.39. The smallest absolute Gasteiger partial charge is 0.325 e. The number of halogens is 3. The zero-order chi connectivity index (χ0) is 17.7. The van der Waals surface area contributed by atoms with E-state index in [-0.39, 0.29) is 38.4 Å². The van der Waals surface area contributed by atoms with Gasteiger partial charge in [0.15, 0.2) is 0 Å². The summed E-state index contributed by atoms with van der Waals surface area (Å²) in [6.45, 7) is 0.556. The molecule has 0 spiro atoms. The number of nitrogens with zero attached hydrogens (tertiary/aromatic N) is 2. The molecule has 24 heavy (non-hydrogen) atoms. The van der Waals surface area contributed by atoms with Crippen LogP contribution in [0.4, 0.5) is 18.9 Å². The first-order valence-corrected chi connectivity index (χ1v) is 7.43. The van der Waals surface area contributed by atoms with Crippen LogP contribution in [0.3, 0.4) is 0 Å². The van der Waals surface area contributed by atoms with Crippen molar-refractivity contribution in [2.24, 2.45) is 5.92 Å². The van der Waals surface area contributed by atoms with Crippen molar-refractivity contribution in [1.29, 1.82) is 5.26 Å². The van der Waals surface area contributed by atoms with Gasteiger partial charge in [-0.3, -0.25) is 14.5 Å². The van der Waals surface area contributed by atoms with Crippen LogP contribution in [0.1, 0.15) is 18.4 Å². The van der Waals surface area contributed by atoms with Gasteiger partial charge in [0.2, 0.25) is 11.7 Å². The second-order valence-electron chi connectivity index (χ2n) is 5.65. The fourth-order valence-corrected chi connectivity index (χ4v) is 2.65. The number of benzene rings is 1. The quantitative estimate of drug-likeness (QED) is 0.914. The van der Waals surface area contributed by atoms with E-state index in [0.717, 1.165) is 0 Å². The van der Waals surface area contributed by atoms with Crippen molar-refractivity contribution in [3.63, 3.8) is 0 Å². The molecule has 1 fully saturated rings. The number of nitrogens with one attached hydrogen (secondary N) is 1. The van der Waals surface area contributed by atoms with Crippen LogP contribution in [0.2, 0.25) is 0 Å². The minimum absolute atomic E-state index is 0.0315. The number of carbonyl (C=O) groups is 2. The molecule has 128 valence electrons. The van der Waals surface area contributed by atoms with Crippen LogP contribution in [-0.2, 0) is 9.59 Å². The van der Waals surface area contributed by atoms with Gasteiger partial charge in [-0.1, -0.05) is 6.07 Å². The van der Waals surface area contributed by atoms with E-state index in [9.17, 15) is 22.8 Å². The van der Waals surface area contributed by atoms with E-state index >= 15 is 0 Å². The molecular formula is C16H16F3N3O2.